The van der Waals surface area contributed by atoms with Crippen molar-refractivity contribution in [2.75, 3.05) is 25.2 Å². The van der Waals surface area contributed by atoms with Crippen LogP contribution in [-0.2, 0) is 14.3 Å². The van der Waals surface area contributed by atoms with E-state index < -0.39 is 24.3 Å². The van der Waals surface area contributed by atoms with Gasteiger partial charge in [0.1, 0.15) is 5.75 Å². The van der Waals surface area contributed by atoms with E-state index in [1.165, 1.54) is 30.2 Å². The summed E-state index contributed by atoms with van der Waals surface area (Å²) < 4.78 is 10.3. The second-order valence-corrected chi connectivity index (χ2v) is 7.11. The number of hydrogen-bond acceptors (Lipinski definition) is 5. The van der Waals surface area contributed by atoms with Crippen molar-refractivity contribution in [2.24, 2.45) is 5.92 Å². The fourth-order valence-corrected chi connectivity index (χ4v) is 3.46. The quantitative estimate of drug-likeness (QED) is 0.524. The lowest BCUT2D eigenvalue weighted by molar-refractivity contribution is -0.147. The minimum atomic E-state index is -0.646. The fraction of sp³-hybridized carbons (Fsp3) is 0.250. The van der Waals surface area contributed by atoms with Crippen LogP contribution in [-0.4, -0.2) is 37.9 Å². The number of amides is 1. The molecule has 1 atom stereocenters. The number of methoxy groups -OCH3 is 1. The van der Waals surface area contributed by atoms with Crippen LogP contribution >= 0.6 is 23.2 Å². The first kappa shape index (κ1) is 20.2. The van der Waals surface area contributed by atoms with E-state index in [9.17, 15) is 14.4 Å². The number of halogens is 2. The minimum Gasteiger partial charge on any atom is -0.497 e. The first-order chi connectivity index (χ1) is 13.4. The minimum absolute atomic E-state index is 0.0198. The molecule has 146 valence electrons. The Morgan fingerprint density at radius 2 is 1.96 bits per heavy atom. The molecule has 0 aromatic heterocycles. The van der Waals surface area contributed by atoms with Crippen LogP contribution in [0.5, 0.6) is 5.75 Å². The van der Waals surface area contributed by atoms with Crippen molar-refractivity contribution >= 4 is 46.5 Å². The molecule has 28 heavy (non-hydrogen) atoms. The Kier molecular flexibility index (Phi) is 6.21. The molecule has 1 fully saturated rings. The Balaban J connectivity index is 1.60. The molecule has 0 spiro atoms. The van der Waals surface area contributed by atoms with Crippen molar-refractivity contribution in [1.29, 1.82) is 0 Å². The predicted molar refractivity (Wildman–Crippen MR) is 105 cm³/mol. The van der Waals surface area contributed by atoms with Gasteiger partial charge in [-0.25, -0.2) is 0 Å². The zero-order chi connectivity index (χ0) is 20.3. The maximum atomic E-state index is 12.3. The van der Waals surface area contributed by atoms with Crippen LogP contribution in [0.4, 0.5) is 5.69 Å². The molecule has 1 heterocycles. The van der Waals surface area contributed by atoms with Gasteiger partial charge in [0.15, 0.2) is 6.61 Å². The first-order valence-corrected chi connectivity index (χ1v) is 9.24. The predicted octanol–water partition coefficient (Wildman–Crippen LogP) is 3.78. The molecular weight excluding hydrogens is 405 g/mol. The Bertz CT molecular complexity index is 931. The average molecular weight is 422 g/mol. The molecular formula is C20H17Cl2NO5. The first-order valence-electron chi connectivity index (χ1n) is 8.48. The molecule has 0 radical (unpaired) electrons. The van der Waals surface area contributed by atoms with Crippen LogP contribution in [0.25, 0.3) is 0 Å². The van der Waals surface area contributed by atoms with Gasteiger partial charge in [-0.15, -0.1) is 0 Å². The highest BCUT2D eigenvalue weighted by molar-refractivity contribution is 6.36. The number of benzene rings is 2. The Labute approximate surface area is 171 Å². The molecule has 1 aliphatic heterocycles. The van der Waals surface area contributed by atoms with Crippen LogP contribution in [0.3, 0.4) is 0 Å². The maximum absolute atomic E-state index is 12.3. The van der Waals surface area contributed by atoms with Crippen LogP contribution in [0.15, 0.2) is 42.5 Å². The molecule has 1 amide bonds. The molecule has 1 aliphatic rings. The summed E-state index contributed by atoms with van der Waals surface area (Å²) in [6, 6.07) is 11.5. The summed E-state index contributed by atoms with van der Waals surface area (Å²) in [4.78, 5) is 38.4. The molecule has 3 rings (SSSR count). The van der Waals surface area contributed by atoms with Gasteiger partial charge in [-0.3, -0.25) is 14.4 Å². The van der Waals surface area contributed by atoms with E-state index in [1.54, 1.807) is 24.3 Å². The van der Waals surface area contributed by atoms with Crippen LogP contribution < -0.4 is 9.64 Å². The number of esters is 1. The van der Waals surface area contributed by atoms with E-state index in [1.807, 2.05) is 0 Å². The summed E-state index contributed by atoms with van der Waals surface area (Å²) in [6.07, 6.45) is 0.0198. The Morgan fingerprint density at radius 1 is 1.18 bits per heavy atom. The van der Waals surface area contributed by atoms with Gasteiger partial charge in [0.25, 0.3) is 0 Å². The van der Waals surface area contributed by atoms with Crippen molar-refractivity contribution in [1.82, 2.24) is 0 Å². The molecule has 6 nitrogen and oxygen atoms in total. The van der Waals surface area contributed by atoms with E-state index in [-0.39, 0.29) is 29.5 Å². The normalized spacial score (nSPS) is 16.2. The summed E-state index contributed by atoms with van der Waals surface area (Å²) in [5.41, 5.74) is 0.864. The van der Waals surface area contributed by atoms with E-state index in [2.05, 4.69) is 0 Å². The molecule has 8 heteroatoms. The lowest BCUT2D eigenvalue weighted by Gasteiger charge is -2.17. The van der Waals surface area contributed by atoms with Gasteiger partial charge < -0.3 is 14.4 Å². The summed E-state index contributed by atoms with van der Waals surface area (Å²) in [6.45, 7) is -0.273. The van der Waals surface area contributed by atoms with Crippen molar-refractivity contribution in [3.8, 4) is 5.75 Å². The summed E-state index contributed by atoms with van der Waals surface area (Å²) >= 11 is 11.8. The zero-order valence-electron chi connectivity index (χ0n) is 15.0. The molecule has 0 aliphatic carbocycles. The number of ether oxygens (including phenoxy) is 2. The maximum Gasteiger partial charge on any atom is 0.311 e. The molecule has 1 unspecified atom stereocenters. The highest BCUT2D eigenvalue weighted by Crippen LogP contribution is 2.28. The third kappa shape index (κ3) is 4.46. The summed E-state index contributed by atoms with van der Waals surface area (Å²) in [5, 5.41) is 0.592. The number of Topliss-reactive ketones (excluding diaryl/α,β-unsaturated/α-hetero) is 1. The highest BCUT2D eigenvalue weighted by Gasteiger charge is 2.36. The molecule has 0 bridgehead atoms. The fourth-order valence-electron chi connectivity index (χ4n) is 2.94. The third-order valence-electron chi connectivity index (χ3n) is 4.40. The average Bonchev–Trinajstić information content (AvgIpc) is 3.07. The molecule has 2 aromatic carbocycles. The van der Waals surface area contributed by atoms with Crippen molar-refractivity contribution in [2.45, 2.75) is 6.42 Å². The van der Waals surface area contributed by atoms with Gasteiger partial charge in [-0.2, -0.15) is 0 Å². The third-order valence-corrected chi connectivity index (χ3v) is 4.95. The van der Waals surface area contributed by atoms with Crippen molar-refractivity contribution in [3.05, 3.63) is 58.1 Å². The summed E-state index contributed by atoms with van der Waals surface area (Å²) in [5.74, 6) is -1.27. The molecule has 0 saturated carbocycles. The standard InChI is InChI=1S/C20H17Cl2NO5/c1-27-15-4-2-3-14(9-15)23-10-12(7-19(23)25)20(26)28-11-18(24)16-6-5-13(21)8-17(16)22/h2-6,8-9,12H,7,10-11H2,1H3. The number of ketones is 1. The highest BCUT2D eigenvalue weighted by atomic mass is 35.5. The van der Waals surface area contributed by atoms with E-state index >= 15 is 0 Å². The van der Waals surface area contributed by atoms with Gasteiger partial charge in [0.05, 0.1) is 18.1 Å². The smallest absolute Gasteiger partial charge is 0.311 e. The van der Waals surface area contributed by atoms with E-state index in [4.69, 9.17) is 32.7 Å². The lowest BCUT2D eigenvalue weighted by Crippen LogP contribution is -2.27. The monoisotopic (exact) mass is 421 g/mol. The van der Waals surface area contributed by atoms with Crippen LogP contribution in [0, 0.1) is 5.92 Å². The summed E-state index contributed by atoms with van der Waals surface area (Å²) in [7, 11) is 1.54. The number of carbonyl (C=O) groups is 3. The molecule has 1 saturated heterocycles. The van der Waals surface area contributed by atoms with Crippen molar-refractivity contribution in [3.63, 3.8) is 0 Å². The van der Waals surface area contributed by atoms with Gasteiger partial charge in [-0.05, 0) is 30.3 Å². The van der Waals surface area contributed by atoms with Gasteiger partial charge >= 0.3 is 5.97 Å². The van der Waals surface area contributed by atoms with E-state index in [0.717, 1.165) is 0 Å². The Hall–Kier alpha value is -2.57. The van der Waals surface area contributed by atoms with Crippen LogP contribution in [0.2, 0.25) is 10.0 Å². The Morgan fingerprint density at radius 3 is 2.68 bits per heavy atom. The second kappa shape index (κ2) is 8.63. The SMILES string of the molecule is COc1cccc(N2CC(C(=O)OCC(=O)c3ccc(Cl)cc3Cl)CC2=O)c1. The number of nitrogens with zero attached hydrogens (tertiary/aromatic N) is 1. The molecule has 2 aromatic rings. The van der Waals surface area contributed by atoms with Gasteiger partial charge in [0, 0.05) is 35.3 Å². The number of carbonyl (C=O) groups excluding carboxylic acids is 3. The largest absolute Gasteiger partial charge is 0.497 e. The van der Waals surface area contributed by atoms with Gasteiger partial charge in [0.2, 0.25) is 11.7 Å². The van der Waals surface area contributed by atoms with Crippen molar-refractivity contribution < 1.29 is 23.9 Å². The lowest BCUT2D eigenvalue weighted by atomic mass is 10.1. The van der Waals surface area contributed by atoms with E-state index in [0.29, 0.717) is 16.5 Å². The molecule has 0 N–H and O–H groups in total. The topological polar surface area (TPSA) is 72.9 Å². The second-order valence-electron chi connectivity index (χ2n) is 6.26. The van der Waals surface area contributed by atoms with Crippen LogP contribution in [0.1, 0.15) is 16.8 Å². The van der Waals surface area contributed by atoms with Gasteiger partial charge in [-0.1, -0.05) is 29.3 Å². The number of anilines is 1. The zero-order valence-corrected chi connectivity index (χ0v) is 16.5. The number of hydrogen-bond donors (Lipinski definition) is 0. The number of rotatable bonds is 6.